The topological polar surface area (TPSA) is 70.8 Å². The first-order valence-corrected chi connectivity index (χ1v) is 5.62. The molecule has 1 heterocycles. The van der Waals surface area contributed by atoms with E-state index in [1.807, 2.05) is 0 Å². The molecule has 1 aromatic rings. The van der Waals surface area contributed by atoms with Crippen molar-refractivity contribution in [3.8, 4) is 0 Å². The molecule has 0 spiro atoms. The number of nitrogens with zero attached hydrogens (tertiary/aromatic N) is 1. The second-order valence-electron chi connectivity index (χ2n) is 4.39. The lowest BCUT2D eigenvalue weighted by Gasteiger charge is -2.25. The quantitative estimate of drug-likeness (QED) is 0.864. The first-order valence-electron chi connectivity index (χ1n) is 5.62. The molecule has 1 fully saturated rings. The zero-order valence-corrected chi connectivity index (χ0v) is 9.84. The maximum atomic E-state index is 12.2. The van der Waals surface area contributed by atoms with E-state index in [4.69, 9.17) is 9.52 Å². The minimum atomic E-state index is -0.991. The molecule has 17 heavy (non-hydrogen) atoms. The van der Waals surface area contributed by atoms with Gasteiger partial charge in [0.25, 0.3) is 5.91 Å². The summed E-state index contributed by atoms with van der Waals surface area (Å²) in [6.07, 6.45) is 3.17. The molecule has 1 unspecified atom stereocenters. The van der Waals surface area contributed by atoms with Crippen molar-refractivity contribution < 1.29 is 19.1 Å². The van der Waals surface area contributed by atoms with E-state index in [1.54, 1.807) is 13.0 Å². The fourth-order valence-corrected chi connectivity index (χ4v) is 1.84. The predicted molar refractivity (Wildman–Crippen MR) is 59.7 cm³/mol. The van der Waals surface area contributed by atoms with Gasteiger partial charge in [0.2, 0.25) is 0 Å². The summed E-state index contributed by atoms with van der Waals surface area (Å²) in [6, 6.07) is 0.918. The Morgan fingerprint density at radius 1 is 1.53 bits per heavy atom. The van der Waals surface area contributed by atoms with Gasteiger partial charge in [0.15, 0.2) is 5.76 Å². The van der Waals surface area contributed by atoms with E-state index in [0.717, 1.165) is 18.4 Å². The van der Waals surface area contributed by atoms with Gasteiger partial charge in [-0.2, -0.15) is 0 Å². The zero-order chi connectivity index (χ0) is 12.6. The first kappa shape index (κ1) is 11.7. The van der Waals surface area contributed by atoms with E-state index in [1.165, 1.54) is 18.1 Å². The second-order valence-corrected chi connectivity index (χ2v) is 4.39. The Kier molecular flexibility index (Phi) is 2.92. The Hall–Kier alpha value is -1.78. The van der Waals surface area contributed by atoms with Crippen LogP contribution in [-0.2, 0) is 4.79 Å². The Morgan fingerprint density at radius 2 is 2.18 bits per heavy atom. The average molecular weight is 237 g/mol. The third-order valence-electron chi connectivity index (χ3n) is 3.01. The Bertz CT molecular complexity index is 447. The molecular weight excluding hydrogens is 222 g/mol. The molecule has 2 rings (SSSR count). The van der Waals surface area contributed by atoms with Gasteiger partial charge >= 0.3 is 5.97 Å². The smallest absolute Gasteiger partial charge is 0.326 e. The van der Waals surface area contributed by atoms with Crippen LogP contribution in [0.2, 0.25) is 0 Å². The summed E-state index contributed by atoms with van der Waals surface area (Å²) in [6.45, 7) is 3.30. The van der Waals surface area contributed by atoms with E-state index in [-0.39, 0.29) is 17.7 Å². The summed E-state index contributed by atoms with van der Waals surface area (Å²) in [5.41, 5.74) is 0.734. The third-order valence-corrected chi connectivity index (χ3v) is 3.01. The summed E-state index contributed by atoms with van der Waals surface area (Å²) < 4.78 is 5.13. The van der Waals surface area contributed by atoms with Gasteiger partial charge in [0.1, 0.15) is 6.04 Å². The van der Waals surface area contributed by atoms with Gasteiger partial charge in [-0.25, -0.2) is 4.79 Å². The number of carboxylic acids is 1. The van der Waals surface area contributed by atoms with E-state index in [2.05, 4.69) is 0 Å². The first-order chi connectivity index (χ1) is 8.02. The molecule has 92 valence electrons. The lowest BCUT2D eigenvalue weighted by molar-refractivity contribution is -0.141. The van der Waals surface area contributed by atoms with Crippen molar-refractivity contribution in [1.29, 1.82) is 0 Å². The zero-order valence-electron chi connectivity index (χ0n) is 9.84. The minimum Gasteiger partial charge on any atom is -0.480 e. The van der Waals surface area contributed by atoms with Crippen molar-refractivity contribution in [2.24, 2.45) is 0 Å². The van der Waals surface area contributed by atoms with Gasteiger partial charge in [0.05, 0.1) is 6.26 Å². The fraction of sp³-hybridized carbons (Fsp3) is 0.500. The number of carboxylic acid groups (broad SMARTS) is 1. The highest BCUT2D eigenvalue weighted by atomic mass is 16.4. The highest BCUT2D eigenvalue weighted by Crippen LogP contribution is 2.30. The fourth-order valence-electron chi connectivity index (χ4n) is 1.84. The number of rotatable bonds is 4. The number of aryl methyl sites for hydroxylation is 1. The largest absolute Gasteiger partial charge is 0.480 e. The van der Waals surface area contributed by atoms with Crippen LogP contribution in [0, 0.1) is 6.92 Å². The van der Waals surface area contributed by atoms with Crippen LogP contribution in [0.3, 0.4) is 0 Å². The monoisotopic (exact) mass is 237 g/mol. The van der Waals surface area contributed by atoms with Crippen LogP contribution in [0.5, 0.6) is 0 Å². The summed E-state index contributed by atoms with van der Waals surface area (Å²) in [5, 5.41) is 9.02. The molecule has 1 amide bonds. The maximum Gasteiger partial charge on any atom is 0.326 e. The summed E-state index contributed by atoms with van der Waals surface area (Å²) in [5.74, 6) is -1.08. The van der Waals surface area contributed by atoms with Crippen LogP contribution < -0.4 is 0 Å². The number of amides is 1. The van der Waals surface area contributed by atoms with Crippen LogP contribution in [0.1, 0.15) is 35.9 Å². The molecule has 1 saturated carbocycles. The van der Waals surface area contributed by atoms with Crippen molar-refractivity contribution in [2.75, 3.05) is 0 Å². The van der Waals surface area contributed by atoms with E-state index < -0.39 is 12.0 Å². The van der Waals surface area contributed by atoms with Crippen molar-refractivity contribution >= 4 is 11.9 Å². The van der Waals surface area contributed by atoms with Gasteiger partial charge in [0, 0.05) is 11.6 Å². The molecule has 1 aliphatic rings. The summed E-state index contributed by atoms with van der Waals surface area (Å²) >= 11 is 0. The maximum absolute atomic E-state index is 12.2. The predicted octanol–water partition coefficient (Wildman–Crippen LogP) is 1.67. The van der Waals surface area contributed by atoms with Crippen LogP contribution in [0.4, 0.5) is 0 Å². The molecule has 0 aliphatic heterocycles. The number of carbonyl (C=O) groups is 2. The minimum absolute atomic E-state index is 0.0399. The Morgan fingerprint density at radius 3 is 2.59 bits per heavy atom. The van der Waals surface area contributed by atoms with Gasteiger partial charge in [-0.05, 0) is 32.8 Å². The van der Waals surface area contributed by atoms with Gasteiger partial charge in [-0.15, -0.1) is 0 Å². The van der Waals surface area contributed by atoms with E-state index in [0.29, 0.717) is 0 Å². The average Bonchev–Trinajstić information content (AvgIpc) is 3.00. The molecule has 1 atom stereocenters. The van der Waals surface area contributed by atoms with Crippen molar-refractivity contribution in [1.82, 2.24) is 4.90 Å². The number of hydrogen-bond donors (Lipinski definition) is 1. The van der Waals surface area contributed by atoms with Crippen LogP contribution >= 0.6 is 0 Å². The molecule has 5 nitrogen and oxygen atoms in total. The third kappa shape index (κ3) is 2.18. The molecule has 5 heteroatoms. The highest BCUT2D eigenvalue weighted by Gasteiger charge is 2.40. The van der Waals surface area contributed by atoms with Crippen molar-refractivity contribution in [3.63, 3.8) is 0 Å². The molecule has 1 N–H and O–H groups in total. The standard InChI is InChI=1S/C12H15NO4/c1-7-5-6-17-10(7)11(14)13(9-3-4-9)8(2)12(15)16/h5-6,8-9H,3-4H2,1-2H3,(H,15,16). The molecule has 0 saturated heterocycles. The lowest BCUT2D eigenvalue weighted by Crippen LogP contribution is -2.44. The van der Waals surface area contributed by atoms with E-state index in [9.17, 15) is 9.59 Å². The highest BCUT2D eigenvalue weighted by molar-refractivity contribution is 5.95. The number of carbonyl (C=O) groups excluding carboxylic acids is 1. The summed E-state index contributed by atoms with van der Waals surface area (Å²) in [7, 11) is 0. The molecule has 0 bridgehead atoms. The van der Waals surface area contributed by atoms with Crippen LogP contribution in [-0.4, -0.2) is 34.0 Å². The molecule has 0 radical (unpaired) electrons. The SMILES string of the molecule is Cc1ccoc1C(=O)N(C1CC1)C(C)C(=O)O. The van der Waals surface area contributed by atoms with E-state index >= 15 is 0 Å². The Labute approximate surface area is 99.0 Å². The van der Waals surface area contributed by atoms with Crippen LogP contribution in [0.15, 0.2) is 16.7 Å². The molecule has 0 aromatic carbocycles. The Balaban J connectivity index is 2.25. The number of hydrogen-bond acceptors (Lipinski definition) is 3. The van der Waals surface area contributed by atoms with Crippen molar-refractivity contribution in [2.45, 2.75) is 38.8 Å². The van der Waals surface area contributed by atoms with Gasteiger partial charge < -0.3 is 14.4 Å². The molecule has 1 aliphatic carbocycles. The van der Waals surface area contributed by atoms with Crippen LogP contribution in [0.25, 0.3) is 0 Å². The molecular formula is C12H15NO4. The second kappa shape index (κ2) is 4.24. The summed E-state index contributed by atoms with van der Waals surface area (Å²) in [4.78, 5) is 24.6. The van der Waals surface area contributed by atoms with Gasteiger partial charge in [-0.1, -0.05) is 0 Å². The lowest BCUT2D eigenvalue weighted by atomic mass is 10.2. The molecule has 1 aromatic heterocycles. The van der Waals surface area contributed by atoms with Crippen molar-refractivity contribution in [3.05, 3.63) is 23.7 Å². The number of aliphatic carboxylic acids is 1. The van der Waals surface area contributed by atoms with Gasteiger partial charge in [-0.3, -0.25) is 4.79 Å². The normalized spacial score (nSPS) is 16.6. The number of furan rings is 1.